The standard InChI is InChI=1S/C24H17FN4O2S/c1-31-20-7-3-6-19(13-20)27-22(16-8-10-18(25)11-9-16)24(30)23-21(28-32-29-23)17-5-2-4-15(12-17)14-26/h2-13,22,27H,1H3. The lowest BCUT2D eigenvalue weighted by molar-refractivity contribution is 0.0966. The Morgan fingerprint density at radius 2 is 1.88 bits per heavy atom. The van der Waals surface area contributed by atoms with E-state index in [9.17, 15) is 14.4 Å². The van der Waals surface area contributed by atoms with Crippen LogP contribution in [0.15, 0.2) is 72.8 Å². The molecule has 1 N–H and O–H groups in total. The second-order valence-electron chi connectivity index (χ2n) is 6.88. The van der Waals surface area contributed by atoms with Gasteiger partial charge in [0.15, 0.2) is 5.69 Å². The van der Waals surface area contributed by atoms with Gasteiger partial charge in [0.05, 0.1) is 30.5 Å². The minimum atomic E-state index is -0.843. The minimum Gasteiger partial charge on any atom is -0.497 e. The molecule has 158 valence electrons. The highest BCUT2D eigenvalue weighted by atomic mass is 32.1. The molecule has 0 bridgehead atoms. The van der Waals surface area contributed by atoms with Crippen LogP contribution >= 0.6 is 11.7 Å². The second-order valence-corrected chi connectivity index (χ2v) is 7.41. The van der Waals surface area contributed by atoms with Gasteiger partial charge >= 0.3 is 0 Å². The number of halogens is 1. The lowest BCUT2D eigenvalue weighted by Gasteiger charge is -2.19. The van der Waals surface area contributed by atoms with E-state index >= 15 is 0 Å². The highest BCUT2D eigenvalue weighted by Crippen LogP contribution is 2.30. The highest BCUT2D eigenvalue weighted by Gasteiger charge is 2.28. The summed E-state index contributed by atoms with van der Waals surface area (Å²) in [7, 11) is 1.56. The monoisotopic (exact) mass is 444 g/mol. The Kier molecular flexibility index (Phi) is 6.19. The molecule has 1 heterocycles. The van der Waals surface area contributed by atoms with Crippen LogP contribution in [0.5, 0.6) is 5.75 Å². The van der Waals surface area contributed by atoms with Gasteiger partial charge in [-0.15, -0.1) is 0 Å². The molecule has 0 radical (unpaired) electrons. The van der Waals surface area contributed by atoms with Crippen molar-refractivity contribution in [1.29, 1.82) is 5.26 Å². The van der Waals surface area contributed by atoms with Crippen LogP contribution in [0.3, 0.4) is 0 Å². The summed E-state index contributed by atoms with van der Waals surface area (Å²) in [4.78, 5) is 13.7. The van der Waals surface area contributed by atoms with Gasteiger partial charge in [-0.05, 0) is 42.0 Å². The van der Waals surface area contributed by atoms with Crippen molar-refractivity contribution in [2.45, 2.75) is 6.04 Å². The van der Waals surface area contributed by atoms with E-state index in [-0.39, 0.29) is 11.5 Å². The lowest BCUT2D eigenvalue weighted by atomic mass is 9.97. The van der Waals surface area contributed by atoms with Crippen LogP contribution in [0.2, 0.25) is 0 Å². The number of hydrogen-bond acceptors (Lipinski definition) is 7. The summed E-state index contributed by atoms with van der Waals surface area (Å²) in [5.74, 6) is -0.0964. The molecule has 0 amide bonds. The third-order valence-corrected chi connectivity index (χ3v) is 5.36. The van der Waals surface area contributed by atoms with Crippen molar-refractivity contribution in [1.82, 2.24) is 8.75 Å². The molecule has 0 spiro atoms. The maximum atomic E-state index is 13.7. The topological polar surface area (TPSA) is 87.9 Å². The first-order chi connectivity index (χ1) is 15.6. The molecule has 0 fully saturated rings. The zero-order chi connectivity index (χ0) is 22.5. The van der Waals surface area contributed by atoms with Crippen LogP contribution in [0.25, 0.3) is 11.3 Å². The molecule has 8 heteroatoms. The minimum absolute atomic E-state index is 0.176. The van der Waals surface area contributed by atoms with Crippen molar-refractivity contribution in [2.75, 3.05) is 12.4 Å². The molecular formula is C24H17FN4O2S. The van der Waals surface area contributed by atoms with Crippen molar-refractivity contribution in [2.24, 2.45) is 0 Å². The Hall–Kier alpha value is -4.09. The van der Waals surface area contributed by atoms with Crippen LogP contribution in [-0.2, 0) is 0 Å². The predicted molar refractivity (Wildman–Crippen MR) is 120 cm³/mol. The van der Waals surface area contributed by atoms with E-state index in [0.29, 0.717) is 33.8 Å². The number of anilines is 1. The van der Waals surface area contributed by atoms with E-state index in [1.54, 1.807) is 61.7 Å². The summed E-state index contributed by atoms with van der Waals surface area (Å²) in [5, 5.41) is 12.4. The number of benzene rings is 3. The average molecular weight is 444 g/mol. The number of nitrogens with one attached hydrogen (secondary N) is 1. The molecule has 1 unspecified atom stereocenters. The van der Waals surface area contributed by atoms with Gasteiger partial charge in [-0.1, -0.05) is 30.3 Å². The quantitative estimate of drug-likeness (QED) is 0.391. The van der Waals surface area contributed by atoms with E-state index in [1.165, 1.54) is 12.1 Å². The van der Waals surface area contributed by atoms with Gasteiger partial charge in [0.2, 0.25) is 5.78 Å². The SMILES string of the molecule is COc1cccc(NC(C(=O)c2nsnc2-c2cccc(C#N)c2)c2ccc(F)cc2)c1. The third-order valence-electron chi connectivity index (χ3n) is 4.83. The maximum absolute atomic E-state index is 13.7. The van der Waals surface area contributed by atoms with Crippen molar-refractivity contribution in [3.63, 3.8) is 0 Å². The van der Waals surface area contributed by atoms with Crippen LogP contribution in [0, 0.1) is 17.1 Å². The average Bonchev–Trinajstić information content (AvgIpc) is 3.33. The van der Waals surface area contributed by atoms with Crippen LogP contribution in [0.4, 0.5) is 10.1 Å². The number of ether oxygens (including phenoxy) is 1. The summed E-state index contributed by atoms with van der Waals surface area (Å²) < 4.78 is 27.4. The number of nitriles is 1. The van der Waals surface area contributed by atoms with Gasteiger partial charge in [0.1, 0.15) is 23.3 Å². The summed E-state index contributed by atoms with van der Waals surface area (Å²) >= 11 is 0.919. The summed E-state index contributed by atoms with van der Waals surface area (Å²) in [6, 6.07) is 21.0. The zero-order valence-electron chi connectivity index (χ0n) is 16.9. The van der Waals surface area contributed by atoms with Crippen molar-refractivity contribution in [3.8, 4) is 23.1 Å². The summed E-state index contributed by atoms with van der Waals surface area (Å²) in [6.07, 6.45) is 0. The number of carbonyl (C=O) groups is 1. The van der Waals surface area contributed by atoms with E-state index in [2.05, 4.69) is 20.1 Å². The van der Waals surface area contributed by atoms with Crippen LogP contribution < -0.4 is 10.1 Å². The molecule has 0 aliphatic heterocycles. The van der Waals surface area contributed by atoms with E-state index in [0.717, 1.165) is 11.7 Å². The Balaban J connectivity index is 1.75. The van der Waals surface area contributed by atoms with Gasteiger partial charge in [-0.3, -0.25) is 4.79 Å². The second kappa shape index (κ2) is 9.37. The van der Waals surface area contributed by atoms with Crippen LogP contribution in [-0.4, -0.2) is 21.6 Å². The number of hydrogen-bond donors (Lipinski definition) is 1. The number of nitrogens with zero attached hydrogens (tertiary/aromatic N) is 3. The number of aromatic nitrogens is 2. The van der Waals surface area contributed by atoms with Crippen molar-refractivity contribution < 1.29 is 13.9 Å². The first kappa shape index (κ1) is 21.2. The molecule has 4 aromatic rings. The molecule has 3 aromatic carbocycles. The first-order valence-electron chi connectivity index (χ1n) is 9.62. The smallest absolute Gasteiger partial charge is 0.211 e. The fourth-order valence-corrected chi connectivity index (χ4v) is 3.82. The first-order valence-corrected chi connectivity index (χ1v) is 10.4. The molecule has 6 nitrogen and oxygen atoms in total. The van der Waals surface area contributed by atoms with Crippen molar-refractivity contribution >= 4 is 23.2 Å². The normalized spacial score (nSPS) is 11.4. The number of carbonyl (C=O) groups excluding carboxylic acids is 1. The summed E-state index contributed by atoms with van der Waals surface area (Å²) in [5.41, 5.74) is 2.89. The molecule has 0 aliphatic rings. The zero-order valence-corrected chi connectivity index (χ0v) is 17.8. The van der Waals surface area contributed by atoms with E-state index in [4.69, 9.17) is 4.74 Å². The van der Waals surface area contributed by atoms with Gasteiger partial charge in [-0.25, -0.2) is 4.39 Å². The van der Waals surface area contributed by atoms with E-state index < -0.39 is 11.9 Å². The van der Waals surface area contributed by atoms with Crippen LogP contribution in [0.1, 0.15) is 27.7 Å². The Morgan fingerprint density at radius 1 is 1.09 bits per heavy atom. The Morgan fingerprint density at radius 3 is 2.62 bits per heavy atom. The van der Waals surface area contributed by atoms with Gasteiger partial charge in [0, 0.05) is 17.3 Å². The maximum Gasteiger partial charge on any atom is 0.211 e. The molecule has 0 saturated carbocycles. The molecule has 0 saturated heterocycles. The van der Waals surface area contributed by atoms with Gasteiger partial charge in [-0.2, -0.15) is 14.0 Å². The molecule has 32 heavy (non-hydrogen) atoms. The van der Waals surface area contributed by atoms with Gasteiger partial charge < -0.3 is 10.1 Å². The van der Waals surface area contributed by atoms with Crippen molar-refractivity contribution in [3.05, 3.63) is 95.4 Å². The lowest BCUT2D eigenvalue weighted by Crippen LogP contribution is -2.22. The summed E-state index contributed by atoms with van der Waals surface area (Å²) in [6.45, 7) is 0. The fourth-order valence-electron chi connectivity index (χ4n) is 3.25. The molecule has 1 atom stereocenters. The number of methoxy groups -OCH3 is 1. The fraction of sp³-hybridized carbons (Fsp3) is 0.0833. The van der Waals surface area contributed by atoms with Gasteiger partial charge in [0.25, 0.3) is 0 Å². The molecular weight excluding hydrogens is 427 g/mol. The Bertz CT molecular complexity index is 1300. The molecule has 1 aromatic heterocycles. The predicted octanol–water partition coefficient (Wildman–Crippen LogP) is 5.26. The Labute approximate surface area is 188 Å². The number of ketones is 1. The van der Waals surface area contributed by atoms with E-state index in [1.807, 2.05) is 6.07 Å². The highest BCUT2D eigenvalue weighted by molar-refractivity contribution is 6.99. The third kappa shape index (κ3) is 4.48. The number of Topliss-reactive ketones (excluding diaryl/α,β-unsaturated/α-hetero) is 1. The molecule has 4 rings (SSSR count). The largest absolute Gasteiger partial charge is 0.497 e. The number of rotatable bonds is 7. The molecule has 0 aliphatic carbocycles.